The number of carbonyl (C=O) groups is 1. The van der Waals surface area contributed by atoms with Crippen molar-refractivity contribution in [3.8, 4) is 0 Å². The monoisotopic (exact) mass is 279 g/mol. The largest absolute Gasteiger partial charge is 0.394 e. The van der Waals surface area contributed by atoms with Crippen LogP contribution in [0.5, 0.6) is 0 Å². The number of aliphatic hydroxyl groups is 1. The Bertz CT molecular complexity index is 369. The van der Waals surface area contributed by atoms with Crippen LogP contribution in [0.4, 0.5) is 0 Å². The molecule has 1 unspecified atom stereocenters. The molecule has 1 heterocycles. The summed E-state index contributed by atoms with van der Waals surface area (Å²) in [7, 11) is 0. The number of ether oxygens (including phenoxy) is 1. The molecule has 20 heavy (non-hydrogen) atoms. The van der Waals surface area contributed by atoms with Crippen molar-refractivity contribution < 1.29 is 14.6 Å². The minimum Gasteiger partial charge on any atom is -0.394 e. The standard InChI is InChI=1S/C16H25NO3/c18-8-14-9-20-2-1-17(14)16(19)15-12-4-10-3-11(6-12)7-13(15)5-10/h10-15,18H,1-9H2. The first-order chi connectivity index (χ1) is 9.76. The van der Waals surface area contributed by atoms with E-state index in [1.165, 1.54) is 32.1 Å². The maximum absolute atomic E-state index is 13.0. The quantitative estimate of drug-likeness (QED) is 0.828. The lowest BCUT2D eigenvalue weighted by molar-refractivity contribution is -0.159. The molecule has 0 aromatic heterocycles. The van der Waals surface area contributed by atoms with Crippen LogP contribution in [-0.4, -0.2) is 48.3 Å². The topological polar surface area (TPSA) is 49.8 Å². The van der Waals surface area contributed by atoms with Gasteiger partial charge in [-0.25, -0.2) is 0 Å². The van der Waals surface area contributed by atoms with Gasteiger partial charge in [0.15, 0.2) is 0 Å². The summed E-state index contributed by atoms with van der Waals surface area (Å²) in [6, 6.07) is -0.117. The molecule has 1 N–H and O–H groups in total. The molecule has 4 heteroatoms. The average Bonchev–Trinajstić information content (AvgIpc) is 2.46. The van der Waals surface area contributed by atoms with Crippen LogP contribution in [0.2, 0.25) is 0 Å². The van der Waals surface area contributed by atoms with E-state index >= 15 is 0 Å². The molecule has 1 saturated heterocycles. The lowest BCUT2D eigenvalue weighted by Crippen LogP contribution is -2.57. The predicted octanol–water partition coefficient (Wildman–Crippen LogP) is 1.28. The fourth-order valence-corrected chi connectivity index (χ4v) is 5.62. The molecule has 0 aromatic carbocycles. The molecule has 4 nitrogen and oxygen atoms in total. The lowest BCUT2D eigenvalue weighted by Gasteiger charge is -2.55. The van der Waals surface area contributed by atoms with Crippen LogP contribution in [0.25, 0.3) is 0 Å². The number of hydrogen-bond acceptors (Lipinski definition) is 3. The second-order valence-electron chi connectivity index (χ2n) is 7.40. The van der Waals surface area contributed by atoms with Gasteiger partial charge in [0.05, 0.1) is 25.9 Å². The molecule has 1 atom stereocenters. The Morgan fingerprint density at radius 1 is 1.10 bits per heavy atom. The Labute approximate surface area is 120 Å². The summed E-state index contributed by atoms with van der Waals surface area (Å²) >= 11 is 0. The van der Waals surface area contributed by atoms with E-state index in [1.54, 1.807) is 0 Å². The zero-order valence-corrected chi connectivity index (χ0v) is 12.0. The van der Waals surface area contributed by atoms with Crippen LogP contribution in [0.1, 0.15) is 32.1 Å². The molecule has 1 aliphatic heterocycles. The summed E-state index contributed by atoms with van der Waals surface area (Å²) in [5.74, 6) is 3.62. The molecule has 4 bridgehead atoms. The third-order valence-electron chi connectivity index (χ3n) is 6.23. The maximum atomic E-state index is 13.0. The molecule has 0 radical (unpaired) electrons. The van der Waals surface area contributed by atoms with E-state index in [0.717, 1.165) is 11.8 Å². The van der Waals surface area contributed by atoms with Crippen molar-refractivity contribution in [1.29, 1.82) is 0 Å². The van der Waals surface area contributed by atoms with E-state index in [-0.39, 0.29) is 18.6 Å². The first-order valence-electron chi connectivity index (χ1n) is 8.25. The summed E-state index contributed by atoms with van der Waals surface area (Å²) in [6.45, 7) is 1.80. The molecule has 5 fully saturated rings. The molecule has 4 saturated carbocycles. The van der Waals surface area contributed by atoms with Gasteiger partial charge in [0.25, 0.3) is 0 Å². The molecule has 0 aromatic rings. The number of aliphatic hydroxyl groups excluding tert-OH is 1. The second-order valence-corrected chi connectivity index (χ2v) is 7.40. The van der Waals surface area contributed by atoms with Crippen LogP contribution < -0.4 is 0 Å². The normalized spacial score (nSPS) is 46.8. The van der Waals surface area contributed by atoms with Crippen LogP contribution in [-0.2, 0) is 9.53 Å². The number of nitrogens with zero attached hydrogens (tertiary/aromatic N) is 1. The molecule has 5 aliphatic rings. The van der Waals surface area contributed by atoms with E-state index in [4.69, 9.17) is 4.74 Å². The average molecular weight is 279 g/mol. The van der Waals surface area contributed by atoms with E-state index in [1.807, 2.05) is 4.90 Å². The zero-order chi connectivity index (χ0) is 13.7. The highest BCUT2D eigenvalue weighted by molar-refractivity contribution is 5.80. The minimum atomic E-state index is -0.117. The van der Waals surface area contributed by atoms with Crippen LogP contribution in [0.3, 0.4) is 0 Å². The highest BCUT2D eigenvalue weighted by atomic mass is 16.5. The van der Waals surface area contributed by atoms with Crippen molar-refractivity contribution in [2.24, 2.45) is 29.6 Å². The van der Waals surface area contributed by atoms with Gasteiger partial charge in [0, 0.05) is 12.5 Å². The smallest absolute Gasteiger partial charge is 0.226 e. The number of hydrogen-bond donors (Lipinski definition) is 1. The molecular weight excluding hydrogens is 254 g/mol. The van der Waals surface area contributed by atoms with Gasteiger partial charge in [-0.05, 0) is 55.8 Å². The molecular formula is C16H25NO3. The van der Waals surface area contributed by atoms with Crippen molar-refractivity contribution in [3.05, 3.63) is 0 Å². The van der Waals surface area contributed by atoms with Crippen molar-refractivity contribution in [3.63, 3.8) is 0 Å². The predicted molar refractivity (Wildman–Crippen MR) is 73.9 cm³/mol. The Morgan fingerprint density at radius 3 is 2.35 bits per heavy atom. The minimum absolute atomic E-state index is 0.0268. The third kappa shape index (κ3) is 2.00. The first kappa shape index (κ1) is 13.1. The van der Waals surface area contributed by atoms with Crippen molar-refractivity contribution in [2.45, 2.75) is 38.1 Å². The fraction of sp³-hybridized carbons (Fsp3) is 0.938. The van der Waals surface area contributed by atoms with Gasteiger partial charge in [-0.15, -0.1) is 0 Å². The maximum Gasteiger partial charge on any atom is 0.226 e. The molecule has 112 valence electrons. The van der Waals surface area contributed by atoms with Gasteiger partial charge in [-0.3, -0.25) is 4.79 Å². The van der Waals surface area contributed by atoms with Crippen molar-refractivity contribution >= 4 is 5.91 Å². The number of morpholine rings is 1. The Morgan fingerprint density at radius 2 is 1.75 bits per heavy atom. The van der Waals surface area contributed by atoms with Gasteiger partial charge in [0.2, 0.25) is 5.91 Å². The Kier molecular flexibility index (Phi) is 3.26. The Hall–Kier alpha value is -0.610. The summed E-state index contributed by atoms with van der Waals surface area (Å²) in [5, 5.41) is 9.49. The third-order valence-corrected chi connectivity index (χ3v) is 6.23. The second kappa shape index (κ2) is 4.99. The van der Waals surface area contributed by atoms with Gasteiger partial charge >= 0.3 is 0 Å². The van der Waals surface area contributed by atoms with Crippen molar-refractivity contribution in [1.82, 2.24) is 4.90 Å². The summed E-state index contributed by atoms with van der Waals surface area (Å²) in [5.41, 5.74) is 0. The van der Waals surface area contributed by atoms with Crippen LogP contribution in [0, 0.1) is 29.6 Å². The number of rotatable bonds is 2. The molecule has 4 aliphatic carbocycles. The summed E-state index contributed by atoms with van der Waals surface area (Å²) in [6.07, 6.45) is 6.52. The van der Waals surface area contributed by atoms with E-state index in [0.29, 0.717) is 37.5 Å². The lowest BCUT2D eigenvalue weighted by atomic mass is 9.51. The SMILES string of the molecule is O=C(C1C2CC3CC(C2)CC1C3)N1CCOCC1CO. The van der Waals surface area contributed by atoms with Crippen molar-refractivity contribution in [2.75, 3.05) is 26.4 Å². The number of carbonyl (C=O) groups excluding carboxylic acids is 1. The van der Waals surface area contributed by atoms with Gasteiger partial charge in [-0.1, -0.05) is 0 Å². The summed E-state index contributed by atoms with van der Waals surface area (Å²) in [4.78, 5) is 14.9. The summed E-state index contributed by atoms with van der Waals surface area (Å²) < 4.78 is 5.40. The van der Waals surface area contributed by atoms with E-state index < -0.39 is 0 Å². The molecule has 0 spiro atoms. The van der Waals surface area contributed by atoms with Crippen LogP contribution in [0.15, 0.2) is 0 Å². The van der Waals surface area contributed by atoms with Gasteiger partial charge in [-0.2, -0.15) is 0 Å². The highest BCUT2D eigenvalue weighted by Crippen LogP contribution is 2.56. The van der Waals surface area contributed by atoms with Crippen LogP contribution >= 0.6 is 0 Å². The highest BCUT2D eigenvalue weighted by Gasteiger charge is 2.52. The van der Waals surface area contributed by atoms with E-state index in [9.17, 15) is 9.90 Å². The van der Waals surface area contributed by atoms with Gasteiger partial charge < -0.3 is 14.7 Å². The van der Waals surface area contributed by atoms with E-state index in [2.05, 4.69) is 0 Å². The fourth-order valence-electron chi connectivity index (χ4n) is 5.62. The first-order valence-corrected chi connectivity index (χ1v) is 8.25. The van der Waals surface area contributed by atoms with Gasteiger partial charge in [0.1, 0.15) is 0 Å². The Balaban J connectivity index is 1.53. The molecule has 1 amide bonds. The zero-order valence-electron chi connectivity index (χ0n) is 12.0. The molecule has 5 rings (SSSR count). The number of amides is 1.